The lowest BCUT2D eigenvalue weighted by Crippen LogP contribution is -2.15. The number of aliphatic carboxylic acids is 1. The number of benzene rings is 2. The lowest BCUT2D eigenvalue weighted by molar-refractivity contribution is -0.133. The molecule has 1 amide bonds. The molecule has 2 aromatic carbocycles. The number of carboxylic acids is 1. The quantitative estimate of drug-likeness (QED) is 0.756. The van der Waals surface area contributed by atoms with Crippen molar-refractivity contribution in [1.82, 2.24) is 0 Å². The van der Waals surface area contributed by atoms with E-state index >= 15 is 0 Å². The van der Waals surface area contributed by atoms with Gasteiger partial charge in [0.2, 0.25) is 5.91 Å². The summed E-state index contributed by atoms with van der Waals surface area (Å²) in [7, 11) is 3.10. The summed E-state index contributed by atoms with van der Waals surface area (Å²) in [4.78, 5) is 23.5. The molecule has 0 aliphatic heterocycles. The number of amides is 1. The molecule has 2 aromatic rings. The fraction of sp³-hybridized carbons (Fsp3) is 0.158. The van der Waals surface area contributed by atoms with E-state index in [0.29, 0.717) is 22.7 Å². The van der Waals surface area contributed by atoms with E-state index in [1.807, 2.05) is 0 Å². The fourth-order valence-electron chi connectivity index (χ4n) is 2.14. The molecule has 130 valence electrons. The maximum atomic E-state index is 12.1. The first kappa shape index (κ1) is 18.1. The molecule has 6 heteroatoms. The molecule has 0 aromatic heterocycles. The second-order valence-corrected chi connectivity index (χ2v) is 5.20. The Labute approximate surface area is 145 Å². The van der Waals surface area contributed by atoms with E-state index in [1.165, 1.54) is 6.08 Å². The molecular formula is C19H19NO5. The molecule has 0 atom stereocenters. The summed E-state index contributed by atoms with van der Waals surface area (Å²) < 4.78 is 10.1. The monoisotopic (exact) mass is 341 g/mol. The van der Waals surface area contributed by atoms with Gasteiger partial charge >= 0.3 is 5.97 Å². The van der Waals surface area contributed by atoms with Crippen LogP contribution in [0, 0.1) is 0 Å². The van der Waals surface area contributed by atoms with Crippen LogP contribution in [0.5, 0.6) is 11.5 Å². The zero-order valence-electron chi connectivity index (χ0n) is 14.0. The predicted octanol–water partition coefficient (Wildman–Crippen LogP) is 3.20. The topological polar surface area (TPSA) is 84.9 Å². The molecule has 2 rings (SSSR count). The van der Waals surface area contributed by atoms with E-state index in [-0.39, 0.29) is 12.0 Å². The second-order valence-electron chi connectivity index (χ2n) is 5.20. The molecule has 0 bridgehead atoms. The standard InChI is InChI=1S/C19H19NO5/c1-24-16-7-3-13(4-8-16)11-14(19(22)23)12-18(21)20-15-5-9-17(25-2)10-6-15/h3-11H,12H2,1-2H3,(H,20,21)(H,22,23)/b14-11+. The highest BCUT2D eigenvalue weighted by molar-refractivity contribution is 6.02. The van der Waals surface area contributed by atoms with E-state index in [1.54, 1.807) is 62.8 Å². The minimum atomic E-state index is -1.14. The number of carboxylic acid groups (broad SMARTS) is 1. The summed E-state index contributed by atoms with van der Waals surface area (Å²) in [5, 5.41) is 12.0. The van der Waals surface area contributed by atoms with Crippen molar-refractivity contribution in [2.24, 2.45) is 0 Å². The van der Waals surface area contributed by atoms with Gasteiger partial charge in [0.05, 0.1) is 20.6 Å². The summed E-state index contributed by atoms with van der Waals surface area (Å²) in [6, 6.07) is 13.7. The molecule has 0 aliphatic carbocycles. The summed E-state index contributed by atoms with van der Waals surface area (Å²) in [5.41, 5.74) is 1.24. The lowest BCUT2D eigenvalue weighted by atomic mass is 10.1. The molecule has 0 saturated carbocycles. The number of carbonyl (C=O) groups is 2. The number of carbonyl (C=O) groups excluding carboxylic acids is 1. The molecule has 0 saturated heterocycles. The van der Waals surface area contributed by atoms with Gasteiger partial charge in [-0.1, -0.05) is 12.1 Å². The van der Waals surface area contributed by atoms with Crippen molar-refractivity contribution in [2.75, 3.05) is 19.5 Å². The first-order chi connectivity index (χ1) is 12.0. The Morgan fingerprint density at radius 2 is 1.48 bits per heavy atom. The number of rotatable bonds is 7. The van der Waals surface area contributed by atoms with Crippen LogP contribution in [0.2, 0.25) is 0 Å². The van der Waals surface area contributed by atoms with Crippen LogP contribution < -0.4 is 14.8 Å². The van der Waals surface area contributed by atoms with Gasteiger partial charge in [-0.15, -0.1) is 0 Å². The Morgan fingerprint density at radius 1 is 0.960 bits per heavy atom. The van der Waals surface area contributed by atoms with Crippen LogP contribution >= 0.6 is 0 Å². The number of hydrogen-bond acceptors (Lipinski definition) is 4. The molecule has 25 heavy (non-hydrogen) atoms. The van der Waals surface area contributed by atoms with E-state index in [2.05, 4.69) is 5.32 Å². The Morgan fingerprint density at radius 3 is 1.96 bits per heavy atom. The van der Waals surface area contributed by atoms with Gasteiger partial charge < -0.3 is 19.9 Å². The molecule has 2 N–H and O–H groups in total. The van der Waals surface area contributed by atoms with E-state index in [4.69, 9.17) is 9.47 Å². The predicted molar refractivity (Wildman–Crippen MR) is 94.8 cm³/mol. The third kappa shape index (κ3) is 5.39. The van der Waals surface area contributed by atoms with Gasteiger partial charge in [-0.05, 0) is 48.0 Å². The number of anilines is 1. The van der Waals surface area contributed by atoms with Crippen molar-refractivity contribution in [3.05, 3.63) is 59.7 Å². The van der Waals surface area contributed by atoms with Crippen molar-refractivity contribution in [3.63, 3.8) is 0 Å². The van der Waals surface area contributed by atoms with Crippen LogP contribution in [0.25, 0.3) is 6.08 Å². The van der Waals surface area contributed by atoms with Crippen molar-refractivity contribution in [1.29, 1.82) is 0 Å². The molecule has 0 unspecified atom stereocenters. The van der Waals surface area contributed by atoms with Gasteiger partial charge in [-0.2, -0.15) is 0 Å². The summed E-state index contributed by atoms with van der Waals surface area (Å²) >= 11 is 0. The molecule has 0 radical (unpaired) electrons. The maximum absolute atomic E-state index is 12.1. The highest BCUT2D eigenvalue weighted by Crippen LogP contribution is 2.18. The molecule has 0 fully saturated rings. The van der Waals surface area contributed by atoms with Crippen molar-refractivity contribution in [2.45, 2.75) is 6.42 Å². The van der Waals surface area contributed by atoms with Crippen molar-refractivity contribution in [3.8, 4) is 11.5 Å². The minimum Gasteiger partial charge on any atom is -0.497 e. The number of hydrogen-bond donors (Lipinski definition) is 2. The summed E-state index contributed by atoms with van der Waals surface area (Å²) in [6.45, 7) is 0. The smallest absolute Gasteiger partial charge is 0.332 e. The third-order valence-electron chi connectivity index (χ3n) is 3.46. The molecular weight excluding hydrogens is 322 g/mol. The van der Waals surface area contributed by atoms with E-state index in [0.717, 1.165) is 0 Å². The van der Waals surface area contributed by atoms with Crippen LogP contribution in [0.1, 0.15) is 12.0 Å². The number of methoxy groups -OCH3 is 2. The highest BCUT2D eigenvalue weighted by Gasteiger charge is 2.13. The summed E-state index contributed by atoms with van der Waals surface area (Å²) in [6.07, 6.45) is 1.22. The zero-order valence-corrected chi connectivity index (χ0v) is 14.0. The second kappa shape index (κ2) is 8.54. The van der Waals surface area contributed by atoms with E-state index < -0.39 is 11.9 Å². The Bertz CT molecular complexity index is 763. The fourth-order valence-corrected chi connectivity index (χ4v) is 2.14. The summed E-state index contributed by atoms with van der Waals surface area (Å²) in [5.74, 6) is -0.206. The normalized spacial score (nSPS) is 10.9. The van der Waals surface area contributed by atoms with Crippen LogP contribution in [-0.4, -0.2) is 31.2 Å². The largest absolute Gasteiger partial charge is 0.497 e. The lowest BCUT2D eigenvalue weighted by Gasteiger charge is -2.07. The van der Waals surface area contributed by atoms with Crippen LogP contribution in [0.4, 0.5) is 5.69 Å². The molecule has 6 nitrogen and oxygen atoms in total. The van der Waals surface area contributed by atoms with Gasteiger partial charge in [0.1, 0.15) is 11.5 Å². The van der Waals surface area contributed by atoms with Crippen LogP contribution in [0.15, 0.2) is 54.1 Å². The zero-order chi connectivity index (χ0) is 18.2. The average molecular weight is 341 g/mol. The van der Waals surface area contributed by atoms with Gasteiger partial charge in [0, 0.05) is 11.3 Å². The van der Waals surface area contributed by atoms with Crippen LogP contribution in [-0.2, 0) is 9.59 Å². The van der Waals surface area contributed by atoms with Crippen molar-refractivity contribution >= 4 is 23.6 Å². The first-order valence-electron chi connectivity index (χ1n) is 7.53. The Hall–Kier alpha value is -3.28. The van der Waals surface area contributed by atoms with E-state index in [9.17, 15) is 14.7 Å². The maximum Gasteiger partial charge on any atom is 0.332 e. The molecule has 0 heterocycles. The Balaban J connectivity index is 2.07. The van der Waals surface area contributed by atoms with Crippen LogP contribution in [0.3, 0.4) is 0 Å². The Kier molecular flexibility index (Phi) is 6.17. The SMILES string of the molecule is COc1ccc(/C=C(\CC(=O)Nc2ccc(OC)cc2)C(=O)O)cc1. The number of nitrogens with one attached hydrogen (secondary N) is 1. The molecule has 0 spiro atoms. The third-order valence-corrected chi connectivity index (χ3v) is 3.46. The van der Waals surface area contributed by atoms with Gasteiger partial charge in [-0.3, -0.25) is 4.79 Å². The molecule has 0 aliphatic rings. The highest BCUT2D eigenvalue weighted by atomic mass is 16.5. The first-order valence-corrected chi connectivity index (χ1v) is 7.53. The van der Waals surface area contributed by atoms with Gasteiger partial charge in [0.25, 0.3) is 0 Å². The van der Waals surface area contributed by atoms with Crippen molar-refractivity contribution < 1.29 is 24.2 Å². The minimum absolute atomic E-state index is 0.00354. The number of ether oxygens (including phenoxy) is 2. The van der Waals surface area contributed by atoms with Gasteiger partial charge in [0.15, 0.2) is 0 Å². The van der Waals surface area contributed by atoms with Gasteiger partial charge in [-0.25, -0.2) is 4.79 Å². The average Bonchev–Trinajstić information content (AvgIpc) is 2.62.